The second-order valence-corrected chi connectivity index (χ2v) is 9.26. The Morgan fingerprint density at radius 3 is 2.05 bits per heavy atom. The van der Waals surface area contributed by atoms with Gasteiger partial charge in [0.15, 0.2) is 37.2 Å². The molecule has 0 amide bonds. The molecule has 0 saturated carbocycles. The molecule has 0 bridgehead atoms. The van der Waals surface area contributed by atoms with E-state index in [9.17, 15) is 24.6 Å². The number of ether oxygens (including phenoxy) is 8. The van der Waals surface area contributed by atoms with Gasteiger partial charge < -0.3 is 48.1 Å². The second kappa shape index (κ2) is 12.0. The van der Waals surface area contributed by atoms with Crippen molar-refractivity contribution in [3.63, 3.8) is 0 Å². The number of hydrogen-bond donors (Lipinski definition) is 2. The van der Waals surface area contributed by atoms with E-state index in [1.807, 2.05) is 18.2 Å². The molecule has 3 heterocycles. The number of aliphatic hydroxyl groups is 2. The highest BCUT2D eigenvalue weighted by molar-refractivity contribution is 5.68. The minimum atomic E-state index is -1.64. The lowest BCUT2D eigenvalue weighted by Gasteiger charge is -2.49. The van der Waals surface area contributed by atoms with Gasteiger partial charge in [-0.3, -0.25) is 14.4 Å². The Hall–Kier alpha value is -2.65. The van der Waals surface area contributed by atoms with Gasteiger partial charge in [0.2, 0.25) is 0 Å². The fourth-order valence-corrected chi connectivity index (χ4v) is 4.74. The van der Waals surface area contributed by atoms with Gasteiger partial charge in [-0.15, -0.1) is 0 Å². The number of fused-ring (bicyclic) bond motifs is 1. The van der Waals surface area contributed by atoms with Gasteiger partial charge in [0, 0.05) is 26.3 Å². The lowest BCUT2D eigenvalue weighted by molar-refractivity contribution is -0.386. The molecular weight excluding hydrogens is 508 g/mol. The maximum absolute atomic E-state index is 11.9. The molecular formula is C25H32O13. The molecule has 3 aliphatic rings. The molecule has 3 aliphatic heterocycles. The molecule has 7 unspecified atom stereocenters. The van der Waals surface area contributed by atoms with Gasteiger partial charge in [-0.2, -0.15) is 0 Å². The van der Waals surface area contributed by atoms with Crippen LogP contribution in [0.25, 0.3) is 0 Å². The standard InChI is InChI=1S/C25H32O13/c1-11-18(33-12(2)26)21(34-13(3)27)22(35-14(4)28)25(32-11)38-20-17(29)19-16(36-23(20)30)10-31-24(37-19)15-8-6-5-7-9-15/h5-9,11,16-25,29-30H,10H2,1-4H3/t11?,16?,17?,18-,19+,20?,21?,22?,23+,24?,25-/m0/s1. The Labute approximate surface area is 218 Å². The number of carbonyl (C=O) groups is 3. The maximum Gasteiger partial charge on any atom is 0.303 e. The first-order valence-electron chi connectivity index (χ1n) is 12.2. The van der Waals surface area contributed by atoms with E-state index in [1.165, 1.54) is 13.8 Å². The molecule has 11 atom stereocenters. The van der Waals surface area contributed by atoms with Crippen LogP contribution in [0.4, 0.5) is 0 Å². The molecule has 0 radical (unpaired) electrons. The molecule has 1 aromatic carbocycles. The first-order chi connectivity index (χ1) is 18.0. The first-order valence-corrected chi connectivity index (χ1v) is 12.2. The Kier molecular flexibility index (Phi) is 8.98. The molecule has 210 valence electrons. The van der Waals surface area contributed by atoms with Crippen molar-refractivity contribution < 1.29 is 62.5 Å². The van der Waals surface area contributed by atoms with E-state index in [2.05, 4.69) is 0 Å². The van der Waals surface area contributed by atoms with Crippen molar-refractivity contribution in [3.8, 4) is 0 Å². The normalized spacial score (nSPS) is 38.9. The summed E-state index contributed by atoms with van der Waals surface area (Å²) >= 11 is 0. The predicted molar refractivity (Wildman–Crippen MR) is 123 cm³/mol. The summed E-state index contributed by atoms with van der Waals surface area (Å²) in [4.78, 5) is 35.5. The molecule has 0 spiro atoms. The van der Waals surface area contributed by atoms with Crippen LogP contribution in [-0.4, -0.2) is 96.1 Å². The van der Waals surface area contributed by atoms with Crippen LogP contribution in [0.5, 0.6) is 0 Å². The minimum Gasteiger partial charge on any atom is -0.456 e. The summed E-state index contributed by atoms with van der Waals surface area (Å²) in [6.07, 6.45) is -13.2. The number of carbonyl (C=O) groups excluding carboxylic acids is 3. The lowest BCUT2D eigenvalue weighted by atomic mass is 9.96. The lowest BCUT2D eigenvalue weighted by Crippen LogP contribution is -2.66. The topological polar surface area (TPSA) is 166 Å². The third-order valence-electron chi connectivity index (χ3n) is 6.32. The molecule has 3 fully saturated rings. The minimum absolute atomic E-state index is 0.0384. The van der Waals surface area contributed by atoms with Gasteiger partial charge in [-0.05, 0) is 6.92 Å². The number of rotatable bonds is 6. The van der Waals surface area contributed by atoms with Crippen molar-refractivity contribution in [2.75, 3.05) is 6.61 Å². The van der Waals surface area contributed by atoms with Gasteiger partial charge in [-0.1, -0.05) is 30.3 Å². The highest BCUT2D eigenvalue weighted by Gasteiger charge is 2.55. The molecule has 3 saturated heterocycles. The zero-order chi connectivity index (χ0) is 27.6. The fraction of sp³-hybridized carbons (Fsp3) is 0.640. The average molecular weight is 541 g/mol. The summed E-state index contributed by atoms with van der Waals surface area (Å²) in [6, 6.07) is 9.08. The van der Waals surface area contributed by atoms with E-state index in [0.717, 1.165) is 19.4 Å². The predicted octanol–water partition coefficient (Wildman–Crippen LogP) is 0.104. The quantitative estimate of drug-likeness (QED) is 0.369. The monoisotopic (exact) mass is 540 g/mol. The van der Waals surface area contributed by atoms with Crippen LogP contribution < -0.4 is 0 Å². The van der Waals surface area contributed by atoms with Crippen molar-refractivity contribution in [3.05, 3.63) is 35.9 Å². The van der Waals surface area contributed by atoms with E-state index in [0.29, 0.717) is 0 Å². The first kappa shape index (κ1) is 28.4. The van der Waals surface area contributed by atoms with Crippen molar-refractivity contribution in [1.29, 1.82) is 0 Å². The Balaban J connectivity index is 1.55. The van der Waals surface area contributed by atoms with Crippen LogP contribution in [0, 0.1) is 0 Å². The smallest absolute Gasteiger partial charge is 0.303 e. The van der Waals surface area contributed by atoms with E-state index >= 15 is 0 Å². The van der Waals surface area contributed by atoms with Gasteiger partial charge in [0.05, 0.1) is 12.7 Å². The van der Waals surface area contributed by atoms with Crippen molar-refractivity contribution in [2.24, 2.45) is 0 Å². The van der Waals surface area contributed by atoms with Gasteiger partial charge >= 0.3 is 17.9 Å². The molecule has 38 heavy (non-hydrogen) atoms. The van der Waals surface area contributed by atoms with Crippen molar-refractivity contribution in [2.45, 2.75) is 95.4 Å². The van der Waals surface area contributed by atoms with Crippen LogP contribution in [-0.2, 0) is 52.3 Å². The van der Waals surface area contributed by atoms with E-state index in [-0.39, 0.29) is 6.61 Å². The van der Waals surface area contributed by atoms with E-state index in [4.69, 9.17) is 37.9 Å². The zero-order valence-corrected chi connectivity index (χ0v) is 21.3. The molecule has 1 aromatic rings. The maximum atomic E-state index is 11.9. The van der Waals surface area contributed by atoms with Crippen LogP contribution >= 0.6 is 0 Å². The molecule has 13 nitrogen and oxygen atoms in total. The second-order valence-electron chi connectivity index (χ2n) is 9.26. The molecule has 13 heteroatoms. The third kappa shape index (κ3) is 6.31. The number of esters is 3. The van der Waals surface area contributed by atoms with Gasteiger partial charge in [0.25, 0.3) is 0 Å². The molecule has 2 N–H and O–H groups in total. The number of hydrogen-bond acceptors (Lipinski definition) is 13. The van der Waals surface area contributed by atoms with E-state index < -0.39 is 85.6 Å². The van der Waals surface area contributed by atoms with Gasteiger partial charge in [0.1, 0.15) is 24.4 Å². The van der Waals surface area contributed by atoms with Crippen LogP contribution in [0.2, 0.25) is 0 Å². The molecule has 0 aliphatic carbocycles. The zero-order valence-electron chi connectivity index (χ0n) is 21.3. The van der Waals surface area contributed by atoms with Crippen molar-refractivity contribution in [1.82, 2.24) is 0 Å². The Morgan fingerprint density at radius 1 is 0.816 bits per heavy atom. The highest BCUT2D eigenvalue weighted by Crippen LogP contribution is 2.37. The summed E-state index contributed by atoms with van der Waals surface area (Å²) in [5.74, 6) is -2.17. The SMILES string of the molecule is CC(=O)OC1C(OC(C)=O)[C@@H](OC(C)=O)C(C)O[C@H]1OC1C(O)[C@@H]2OC(c3ccccc3)OCC2O[C@H]1O. The number of aliphatic hydroxyl groups excluding tert-OH is 2. The largest absolute Gasteiger partial charge is 0.456 e. The fourth-order valence-electron chi connectivity index (χ4n) is 4.74. The summed E-state index contributed by atoms with van der Waals surface area (Å²) < 4.78 is 45.0. The summed E-state index contributed by atoms with van der Waals surface area (Å²) in [7, 11) is 0. The van der Waals surface area contributed by atoms with Crippen LogP contribution in [0.3, 0.4) is 0 Å². The Bertz CT molecular complexity index is 987. The van der Waals surface area contributed by atoms with Crippen molar-refractivity contribution >= 4 is 17.9 Å². The third-order valence-corrected chi connectivity index (χ3v) is 6.32. The van der Waals surface area contributed by atoms with E-state index in [1.54, 1.807) is 12.1 Å². The molecule has 0 aromatic heterocycles. The Morgan fingerprint density at radius 2 is 1.42 bits per heavy atom. The molecule has 4 rings (SSSR count). The summed E-state index contributed by atoms with van der Waals surface area (Å²) in [5, 5.41) is 21.9. The average Bonchev–Trinajstić information content (AvgIpc) is 2.85. The van der Waals surface area contributed by atoms with Gasteiger partial charge in [-0.25, -0.2) is 0 Å². The van der Waals surface area contributed by atoms with Crippen LogP contribution in [0.1, 0.15) is 39.5 Å². The summed E-state index contributed by atoms with van der Waals surface area (Å²) in [6.45, 7) is 5.01. The highest BCUT2D eigenvalue weighted by atomic mass is 16.8. The van der Waals surface area contributed by atoms with Crippen LogP contribution in [0.15, 0.2) is 30.3 Å². The summed E-state index contributed by atoms with van der Waals surface area (Å²) in [5.41, 5.74) is 0.724. The number of benzene rings is 1.